The van der Waals surface area contributed by atoms with Crippen LogP contribution in [-0.2, 0) is 17.8 Å². The lowest BCUT2D eigenvalue weighted by atomic mass is 10.1. The van der Waals surface area contributed by atoms with E-state index < -0.39 is 11.3 Å². The van der Waals surface area contributed by atoms with Crippen molar-refractivity contribution in [2.75, 3.05) is 0 Å². The maximum Gasteiger partial charge on any atom is 0.154 e. The lowest BCUT2D eigenvalue weighted by Gasteiger charge is -2.09. The van der Waals surface area contributed by atoms with Gasteiger partial charge in [-0.3, -0.25) is 4.21 Å². The first-order valence-corrected chi connectivity index (χ1v) is 9.43. The SMILES string of the molecule is O=S([O-])NCc1cccc(-c2cnn3c(-c4ccnc(Cl)c4)cnc3c2)c1. The zero-order valence-corrected chi connectivity index (χ0v) is 15.4. The van der Waals surface area contributed by atoms with Crippen LogP contribution in [-0.4, -0.2) is 28.3 Å². The Hall–Kier alpha value is -2.65. The molecule has 136 valence electrons. The minimum Gasteiger partial charge on any atom is -0.760 e. The summed E-state index contributed by atoms with van der Waals surface area (Å²) in [4.78, 5) is 8.43. The molecule has 4 aromatic rings. The molecule has 0 amide bonds. The third kappa shape index (κ3) is 3.88. The molecular weight excluding hydrogens is 386 g/mol. The summed E-state index contributed by atoms with van der Waals surface area (Å²) in [5.74, 6) is 0. The van der Waals surface area contributed by atoms with Crippen LogP contribution in [0, 0.1) is 0 Å². The number of hydrogen-bond acceptors (Lipinski definition) is 5. The van der Waals surface area contributed by atoms with Crippen LogP contribution >= 0.6 is 11.6 Å². The van der Waals surface area contributed by atoms with Gasteiger partial charge in [-0.2, -0.15) is 5.10 Å². The molecule has 27 heavy (non-hydrogen) atoms. The Morgan fingerprint density at radius 1 is 1.07 bits per heavy atom. The molecule has 4 rings (SSSR count). The maximum absolute atomic E-state index is 10.7. The van der Waals surface area contributed by atoms with E-state index in [9.17, 15) is 8.76 Å². The van der Waals surface area contributed by atoms with Crippen molar-refractivity contribution in [2.45, 2.75) is 6.54 Å². The van der Waals surface area contributed by atoms with Gasteiger partial charge in [-0.15, -0.1) is 0 Å². The monoisotopic (exact) mass is 398 g/mol. The first kappa shape index (κ1) is 17.7. The molecule has 3 aromatic heterocycles. The molecule has 1 aromatic carbocycles. The molecule has 7 nitrogen and oxygen atoms in total. The van der Waals surface area contributed by atoms with Crippen LogP contribution in [0.15, 0.2) is 61.1 Å². The summed E-state index contributed by atoms with van der Waals surface area (Å²) in [6.45, 7) is 0.232. The van der Waals surface area contributed by atoms with Crippen molar-refractivity contribution in [3.63, 3.8) is 0 Å². The number of fused-ring (bicyclic) bond motifs is 1. The van der Waals surface area contributed by atoms with E-state index in [1.165, 1.54) is 0 Å². The smallest absolute Gasteiger partial charge is 0.154 e. The number of halogens is 1. The van der Waals surface area contributed by atoms with Crippen LogP contribution in [0.5, 0.6) is 0 Å². The van der Waals surface area contributed by atoms with Gasteiger partial charge in [0.15, 0.2) is 5.65 Å². The highest BCUT2D eigenvalue weighted by molar-refractivity contribution is 7.77. The Morgan fingerprint density at radius 3 is 2.78 bits per heavy atom. The van der Waals surface area contributed by atoms with E-state index in [2.05, 4.69) is 19.8 Å². The summed E-state index contributed by atoms with van der Waals surface area (Å²) in [5, 5.41) is 4.91. The van der Waals surface area contributed by atoms with Gasteiger partial charge in [0.1, 0.15) is 5.15 Å². The number of rotatable bonds is 5. The Morgan fingerprint density at radius 2 is 1.96 bits per heavy atom. The molecule has 0 radical (unpaired) electrons. The Kier molecular flexibility index (Phi) is 4.95. The Bertz CT molecular complexity index is 1150. The van der Waals surface area contributed by atoms with Gasteiger partial charge < -0.3 is 4.55 Å². The molecule has 0 aliphatic rings. The van der Waals surface area contributed by atoms with Gasteiger partial charge in [0, 0.05) is 35.1 Å². The molecule has 1 unspecified atom stereocenters. The summed E-state index contributed by atoms with van der Waals surface area (Å²) >= 11 is 3.68. The standard InChI is InChI=1S/C18H14ClN5O2S/c19-17-7-14(4-5-20-17)16-11-21-18-8-15(10-22-24(16)18)13-3-1-2-12(6-13)9-23-27(25)26/h1-8,10-11,23H,9H2,(H,25,26)/p-1. The molecule has 0 saturated carbocycles. The molecule has 0 aliphatic carbocycles. The molecular formula is C18H13ClN5O2S-. The largest absolute Gasteiger partial charge is 0.760 e. The first-order chi connectivity index (χ1) is 13.1. The van der Waals surface area contributed by atoms with E-state index in [1.54, 1.807) is 29.2 Å². The fourth-order valence-corrected chi connectivity index (χ4v) is 3.25. The number of hydrogen-bond donors (Lipinski definition) is 1. The van der Waals surface area contributed by atoms with Gasteiger partial charge in [0.05, 0.1) is 18.1 Å². The summed E-state index contributed by atoms with van der Waals surface area (Å²) < 4.78 is 25.4. The highest BCUT2D eigenvalue weighted by Crippen LogP contribution is 2.25. The molecule has 9 heteroatoms. The first-order valence-electron chi connectivity index (χ1n) is 7.98. The van der Waals surface area contributed by atoms with Crippen molar-refractivity contribution in [3.05, 3.63) is 71.8 Å². The second-order valence-corrected chi connectivity index (χ2v) is 6.93. The van der Waals surface area contributed by atoms with E-state index in [4.69, 9.17) is 11.6 Å². The molecule has 0 spiro atoms. The van der Waals surface area contributed by atoms with E-state index >= 15 is 0 Å². The van der Waals surface area contributed by atoms with Crippen LogP contribution < -0.4 is 4.72 Å². The zero-order valence-electron chi connectivity index (χ0n) is 13.9. The second-order valence-electron chi connectivity index (χ2n) is 5.78. The summed E-state index contributed by atoms with van der Waals surface area (Å²) in [5.41, 5.74) is 5.06. The zero-order chi connectivity index (χ0) is 18.8. The van der Waals surface area contributed by atoms with Crippen LogP contribution in [0.25, 0.3) is 28.0 Å². The van der Waals surface area contributed by atoms with Crippen molar-refractivity contribution in [1.29, 1.82) is 0 Å². The molecule has 3 heterocycles. The quantitative estimate of drug-likeness (QED) is 0.412. The fourth-order valence-electron chi connectivity index (χ4n) is 2.80. The maximum atomic E-state index is 10.7. The van der Waals surface area contributed by atoms with Crippen molar-refractivity contribution < 1.29 is 8.76 Å². The predicted molar refractivity (Wildman–Crippen MR) is 102 cm³/mol. The summed E-state index contributed by atoms with van der Waals surface area (Å²) in [6.07, 6.45) is 5.13. The van der Waals surface area contributed by atoms with E-state index in [0.29, 0.717) is 10.8 Å². The van der Waals surface area contributed by atoms with Crippen molar-refractivity contribution >= 4 is 28.5 Å². The topological polar surface area (TPSA) is 95.2 Å². The molecule has 1 atom stereocenters. The van der Waals surface area contributed by atoms with Crippen molar-refractivity contribution in [1.82, 2.24) is 24.3 Å². The van der Waals surface area contributed by atoms with Gasteiger partial charge in [-0.05, 0) is 35.4 Å². The number of nitrogens with zero attached hydrogens (tertiary/aromatic N) is 4. The van der Waals surface area contributed by atoms with Gasteiger partial charge in [0.2, 0.25) is 0 Å². The number of imidazole rings is 1. The number of pyridine rings is 1. The van der Waals surface area contributed by atoms with Gasteiger partial charge in [-0.25, -0.2) is 19.2 Å². The van der Waals surface area contributed by atoms with Crippen molar-refractivity contribution in [3.8, 4) is 22.4 Å². The number of benzene rings is 1. The molecule has 0 fully saturated rings. The molecule has 0 saturated heterocycles. The highest BCUT2D eigenvalue weighted by Gasteiger charge is 2.09. The fraction of sp³-hybridized carbons (Fsp3) is 0.0556. The third-order valence-corrected chi connectivity index (χ3v) is 4.62. The molecule has 0 bridgehead atoms. The average Bonchev–Trinajstić information content (AvgIpc) is 3.10. The van der Waals surface area contributed by atoms with E-state index in [1.807, 2.05) is 36.4 Å². The van der Waals surface area contributed by atoms with Crippen LogP contribution in [0.1, 0.15) is 5.56 Å². The lowest BCUT2D eigenvalue weighted by molar-refractivity contribution is 0.522. The normalized spacial score (nSPS) is 12.4. The molecule has 0 aliphatic heterocycles. The highest BCUT2D eigenvalue weighted by atomic mass is 35.5. The predicted octanol–water partition coefficient (Wildman–Crippen LogP) is 3.00. The van der Waals surface area contributed by atoms with Crippen molar-refractivity contribution in [2.24, 2.45) is 0 Å². The number of nitrogens with one attached hydrogen (secondary N) is 1. The number of aromatic nitrogens is 4. The Labute approximate surface area is 162 Å². The minimum atomic E-state index is -2.29. The van der Waals surface area contributed by atoms with Crippen LogP contribution in [0.3, 0.4) is 0 Å². The van der Waals surface area contributed by atoms with Gasteiger partial charge in [0.25, 0.3) is 0 Å². The lowest BCUT2D eigenvalue weighted by Crippen LogP contribution is -2.15. The van der Waals surface area contributed by atoms with Crippen LogP contribution in [0.2, 0.25) is 5.15 Å². The second kappa shape index (κ2) is 7.53. The third-order valence-electron chi connectivity index (χ3n) is 4.04. The average molecular weight is 399 g/mol. The van der Waals surface area contributed by atoms with Gasteiger partial charge >= 0.3 is 0 Å². The van der Waals surface area contributed by atoms with E-state index in [-0.39, 0.29) is 6.54 Å². The van der Waals surface area contributed by atoms with E-state index in [0.717, 1.165) is 27.9 Å². The van der Waals surface area contributed by atoms with Crippen LogP contribution in [0.4, 0.5) is 0 Å². The minimum absolute atomic E-state index is 0.232. The summed E-state index contributed by atoms with van der Waals surface area (Å²) in [7, 11) is 0. The molecule has 1 N–H and O–H groups in total. The summed E-state index contributed by atoms with van der Waals surface area (Å²) in [6, 6.07) is 13.1. The Balaban J connectivity index is 1.69. The van der Waals surface area contributed by atoms with Gasteiger partial charge in [-0.1, -0.05) is 29.8 Å².